The van der Waals surface area contributed by atoms with Gasteiger partial charge in [-0.3, -0.25) is 0 Å². The van der Waals surface area contributed by atoms with Crippen LogP contribution in [0.4, 0.5) is 0 Å². The van der Waals surface area contributed by atoms with E-state index in [-0.39, 0.29) is 5.57 Å². The van der Waals surface area contributed by atoms with Gasteiger partial charge in [-0.1, -0.05) is 5.57 Å². The monoisotopic (exact) mass is 284 g/mol. The molecule has 5 heteroatoms. The molecule has 2 heterocycles. The lowest BCUT2D eigenvalue weighted by molar-refractivity contribution is -0.149. The van der Waals surface area contributed by atoms with Crippen molar-refractivity contribution in [3.05, 3.63) is 39.7 Å². The largest absolute Gasteiger partial charge is 0.386 e. The molecule has 0 aromatic carbocycles. The summed E-state index contributed by atoms with van der Waals surface area (Å²) >= 11 is 0. The molecule has 21 heavy (non-hydrogen) atoms. The quantitative estimate of drug-likeness (QED) is 0.451. The molecule has 0 aliphatic carbocycles. The second-order valence-corrected chi connectivity index (χ2v) is 5.25. The molecule has 0 N–H and O–H groups in total. The van der Waals surface area contributed by atoms with Crippen molar-refractivity contribution in [1.82, 2.24) is 4.57 Å². The summed E-state index contributed by atoms with van der Waals surface area (Å²) in [6, 6.07) is 3.82. The summed E-state index contributed by atoms with van der Waals surface area (Å²) in [6.45, 7) is 7.16. The van der Waals surface area contributed by atoms with E-state index in [0.29, 0.717) is 16.8 Å². The number of ether oxygens (including phenoxy) is 1. The fourth-order valence-corrected chi connectivity index (χ4v) is 2.51. The molecule has 1 aliphatic rings. The van der Waals surface area contributed by atoms with Gasteiger partial charge in [-0.05, 0) is 39.3 Å². The highest BCUT2D eigenvalue weighted by molar-refractivity contribution is 6.22. The molecule has 0 spiro atoms. The second-order valence-electron chi connectivity index (χ2n) is 5.25. The zero-order valence-electron chi connectivity index (χ0n) is 12.7. The van der Waals surface area contributed by atoms with Gasteiger partial charge in [0.2, 0.25) is 0 Å². The number of nitriles is 1. The predicted octanol–water partition coefficient (Wildman–Crippen LogP) is 2.40. The standard InChI is InChI=1S/C16H16N2O3/c1-8(2)13-14(16(20)21-15(13)19)9(3)12-6-11(7-17)18(5)10(12)4/h6H,1-5H3. The number of rotatable bonds is 1. The summed E-state index contributed by atoms with van der Waals surface area (Å²) in [5.74, 6) is -1.24. The van der Waals surface area contributed by atoms with E-state index >= 15 is 0 Å². The molecule has 0 amide bonds. The van der Waals surface area contributed by atoms with Crippen LogP contribution in [0, 0.1) is 18.3 Å². The molecule has 0 saturated carbocycles. The second kappa shape index (κ2) is 5.06. The Morgan fingerprint density at radius 2 is 1.76 bits per heavy atom. The molecule has 1 fully saturated rings. The normalized spacial score (nSPS) is 16.9. The number of hydrogen-bond acceptors (Lipinski definition) is 4. The summed E-state index contributed by atoms with van der Waals surface area (Å²) in [4.78, 5) is 23.8. The number of esters is 2. The highest BCUT2D eigenvalue weighted by atomic mass is 16.6. The molecule has 1 saturated heterocycles. The highest BCUT2D eigenvalue weighted by Crippen LogP contribution is 2.34. The average Bonchev–Trinajstić information content (AvgIpc) is 2.87. The predicted molar refractivity (Wildman–Crippen MR) is 76.9 cm³/mol. The van der Waals surface area contributed by atoms with Gasteiger partial charge in [0.25, 0.3) is 0 Å². The van der Waals surface area contributed by atoms with Crippen LogP contribution in [0.25, 0.3) is 5.57 Å². The van der Waals surface area contributed by atoms with Crippen molar-refractivity contribution in [2.75, 3.05) is 0 Å². The Bertz CT molecular complexity index is 766. The van der Waals surface area contributed by atoms with E-state index in [4.69, 9.17) is 10.00 Å². The Morgan fingerprint density at radius 1 is 1.19 bits per heavy atom. The lowest BCUT2D eigenvalue weighted by atomic mass is 9.95. The number of carbonyl (C=O) groups is 2. The third-order valence-electron chi connectivity index (χ3n) is 3.77. The summed E-state index contributed by atoms with van der Waals surface area (Å²) in [5, 5.41) is 9.10. The summed E-state index contributed by atoms with van der Waals surface area (Å²) in [7, 11) is 1.79. The Hall–Kier alpha value is -2.61. The van der Waals surface area contributed by atoms with Crippen LogP contribution < -0.4 is 0 Å². The van der Waals surface area contributed by atoms with Crippen molar-refractivity contribution >= 4 is 17.5 Å². The van der Waals surface area contributed by atoms with Gasteiger partial charge in [-0.25, -0.2) is 9.59 Å². The molecule has 0 bridgehead atoms. The lowest BCUT2D eigenvalue weighted by Gasteiger charge is -2.06. The average molecular weight is 284 g/mol. The van der Waals surface area contributed by atoms with Gasteiger partial charge in [0, 0.05) is 18.3 Å². The highest BCUT2D eigenvalue weighted by Gasteiger charge is 2.36. The molecular weight excluding hydrogens is 268 g/mol. The van der Waals surface area contributed by atoms with Gasteiger partial charge >= 0.3 is 11.9 Å². The minimum Gasteiger partial charge on any atom is -0.386 e. The van der Waals surface area contributed by atoms with Crippen molar-refractivity contribution in [2.45, 2.75) is 27.7 Å². The molecule has 1 aromatic heterocycles. The van der Waals surface area contributed by atoms with Gasteiger partial charge in [-0.2, -0.15) is 5.26 Å². The molecule has 1 aliphatic heterocycles. The zero-order chi connectivity index (χ0) is 15.9. The van der Waals surface area contributed by atoms with Crippen LogP contribution in [0.2, 0.25) is 0 Å². The summed E-state index contributed by atoms with van der Waals surface area (Å²) < 4.78 is 6.48. The van der Waals surface area contributed by atoms with Crippen LogP contribution in [-0.4, -0.2) is 16.5 Å². The van der Waals surface area contributed by atoms with Crippen LogP contribution in [0.3, 0.4) is 0 Å². The molecule has 5 nitrogen and oxygen atoms in total. The zero-order valence-corrected chi connectivity index (χ0v) is 12.7. The summed E-state index contributed by atoms with van der Waals surface area (Å²) in [5.41, 5.74) is 4.12. The first-order valence-electron chi connectivity index (χ1n) is 6.51. The number of hydrogen-bond donors (Lipinski definition) is 0. The van der Waals surface area contributed by atoms with E-state index in [1.807, 2.05) is 6.92 Å². The molecular formula is C16H16N2O3. The van der Waals surface area contributed by atoms with Gasteiger partial charge in [-0.15, -0.1) is 0 Å². The van der Waals surface area contributed by atoms with Crippen LogP contribution in [0.5, 0.6) is 0 Å². The van der Waals surface area contributed by atoms with E-state index in [1.54, 1.807) is 38.5 Å². The van der Waals surface area contributed by atoms with Crippen LogP contribution in [0.15, 0.2) is 22.8 Å². The van der Waals surface area contributed by atoms with Crippen molar-refractivity contribution in [3.63, 3.8) is 0 Å². The Labute approximate surface area is 123 Å². The molecule has 2 rings (SSSR count). The van der Waals surface area contributed by atoms with Crippen molar-refractivity contribution in [3.8, 4) is 6.07 Å². The number of nitrogens with zero attached hydrogens (tertiary/aromatic N) is 2. The van der Waals surface area contributed by atoms with Crippen LogP contribution in [-0.2, 0) is 21.4 Å². The summed E-state index contributed by atoms with van der Waals surface area (Å²) in [6.07, 6.45) is 0. The van der Waals surface area contributed by atoms with Gasteiger partial charge in [0.1, 0.15) is 11.8 Å². The lowest BCUT2D eigenvalue weighted by Crippen LogP contribution is -2.00. The first kappa shape index (κ1) is 14.8. The molecule has 0 atom stereocenters. The van der Waals surface area contributed by atoms with Crippen LogP contribution >= 0.6 is 0 Å². The Morgan fingerprint density at radius 3 is 2.24 bits per heavy atom. The SMILES string of the molecule is CC(C)=C1C(=O)OC(=O)C1=C(C)c1cc(C#N)n(C)c1C. The maximum absolute atomic E-state index is 12.0. The van der Waals surface area contributed by atoms with Gasteiger partial charge < -0.3 is 9.30 Å². The Balaban J connectivity index is 2.75. The first-order valence-corrected chi connectivity index (χ1v) is 6.51. The van der Waals surface area contributed by atoms with E-state index < -0.39 is 11.9 Å². The van der Waals surface area contributed by atoms with Crippen molar-refractivity contribution in [2.24, 2.45) is 7.05 Å². The maximum atomic E-state index is 12.0. The third kappa shape index (κ3) is 2.19. The number of aromatic nitrogens is 1. The molecule has 0 radical (unpaired) electrons. The maximum Gasteiger partial charge on any atom is 0.347 e. The van der Waals surface area contributed by atoms with Gasteiger partial charge in [0.05, 0.1) is 11.1 Å². The van der Waals surface area contributed by atoms with Crippen LogP contribution in [0.1, 0.15) is 37.7 Å². The van der Waals surface area contributed by atoms with E-state index in [1.165, 1.54) is 0 Å². The smallest absolute Gasteiger partial charge is 0.347 e. The third-order valence-corrected chi connectivity index (χ3v) is 3.77. The van der Waals surface area contributed by atoms with E-state index in [2.05, 4.69) is 6.07 Å². The van der Waals surface area contributed by atoms with E-state index in [0.717, 1.165) is 16.8 Å². The van der Waals surface area contributed by atoms with Crippen molar-refractivity contribution < 1.29 is 14.3 Å². The fourth-order valence-electron chi connectivity index (χ4n) is 2.51. The minimum absolute atomic E-state index is 0.290. The van der Waals surface area contributed by atoms with Crippen molar-refractivity contribution in [1.29, 1.82) is 5.26 Å². The van der Waals surface area contributed by atoms with E-state index in [9.17, 15) is 9.59 Å². The molecule has 0 unspecified atom stereocenters. The first-order chi connectivity index (χ1) is 9.79. The minimum atomic E-state index is -0.629. The van der Waals surface area contributed by atoms with Gasteiger partial charge in [0.15, 0.2) is 0 Å². The Kier molecular flexibility index (Phi) is 3.56. The molecule has 1 aromatic rings. The topological polar surface area (TPSA) is 72.1 Å². The number of allylic oxidation sites excluding steroid dienone is 2. The fraction of sp³-hybridized carbons (Fsp3) is 0.312. The number of cyclic esters (lactones) is 2. The molecule has 108 valence electrons. The number of carbonyl (C=O) groups excluding carboxylic acids is 2.